The lowest BCUT2D eigenvalue weighted by atomic mass is 9.82. The maximum atomic E-state index is 10.2. The van der Waals surface area contributed by atoms with E-state index >= 15 is 0 Å². The van der Waals surface area contributed by atoms with Gasteiger partial charge in [-0.1, -0.05) is 6.92 Å². The molecule has 19 heavy (non-hydrogen) atoms. The predicted octanol–water partition coefficient (Wildman–Crippen LogP) is 1.47. The summed E-state index contributed by atoms with van der Waals surface area (Å²) in [7, 11) is 0. The third kappa shape index (κ3) is 2.51. The second-order valence-electron chi connectivity index (χ2n) is 6.38. The maximum Gasteiger partial charge on any atom is 0.201 e. The molecule has 2 aliphatic heterocycles. The predicted molar refractivity (Wildman–Crippen MR) is 72.0 cm³/mol. The molecule has 1 saturated heterocycles. The monoisotopic (exact) mass is 271 g/mol. The summed E-state index contributed by atoms with van der Waals surface area (Å²) in [6.07, 6.45) is 0.0915. The van der Waals surface area contributed by atoms with Crippen LogP contribution in [0.1, 0.15) is 47.5 Å². The van der Waals surface area contributed by atoms with E-state index in [2.05, 4.69) is 11.9 Å². The summed E-state index contributed by atoms with van der Waals surface area (Å²) >= 11 is 0. The normalized spacial score (nSPS) is 41.0. The van der Waals surface area contributed by atoms with Crippen molar-refractivity contribution >= 4 is 5.90 Å². The number of ether oxygens (including phenoxy) is 2. The van der Waals surface area contributed by atoms with Crippen molar-refractivity contribution in [2.24, 2.45) is 10.9 Å². The van der Waals surface area contributed by atoms with Crippen LogP contribution in [0.15, 0.2) is 4.99 Å². The molecule has 0 bridgehead atoms. The first-order valence-corrected chi connectivity index (χ1v) is 6.98. The molecule has 0 aromatic carbocycles. The van der Waals surface area contributed by atoms with Crippen LogP contribution >= 0.6 is 0 Å². The van der Waals surface area contributed by atoms with Crippen molar-refractivity contribution in [2.75, 3.05) is 0 Å². The largest absolute Gasteiger partial charge is 0.473 e. The Labute approximate surface area is 114 Å². The SMILES string of the molecule is CC1=NC2(OC(C(O)C(C)(C)O)CCC2C)C(C)O1. The van der Waals surface area contributed by atoms with Gasteiger partial charge in [0, 0.05) is 12.8 Å². The van der Waals surface area contributed by atoms with Gasteiger partial charge in [-0.05, 0) is 33.6 Å². The number of nitrogens with zero attached hydrogens (tertiary/aromatic N) is 1. The van der Waals surface area contributed by atoms with E-state index in [1.807, 2.05) is 13.8 Å². The molecule has 0 aliphatic carbocycles. The summed E-state index contributed by atoms with van der Waals surface area (Å²) in [5, 5.41) is 20.2. The van der Waals surface area contributed by atoms with Gasteiger partial charge in [0.2, 0.25) is 5.72 Å². The molecule has 5 nitrogen and oxygen atoms in total. The van der Waals surface area contributed by atoms with Gasteiger partial charge in [0.25, 0.3) is 0 Å². The summed E-state index contributed by atoms with van der Waals surface area (Å²) in [6, 6.07) is 0. The van der Waals surface area contributed by atoms with E-state index in [1.54, 1.807) is 13.8 Å². The molecule has 2 aliphatic rings. The van der Waals surface area contributed by atoms with E-state index in [9.17, 15) is 10.2 Å². The summed E-state index contributed by atoms with van der Waals surface area (Å²) in [5.74, 6) is 0.850. The van der Waals surface area contributed by atoms with Gasteiger partial charge >= 0.3 is 0 Å². The highest BCUT2D eigenvalue weighted by Gasteiger charge is 2.53. The number of aliphatic imine (C=N–C) groups is 1. The van der Waals surface area contributed by atoms with Crippen molar-refractivity contribution in [2.45, 2.75) is 77.1 Å². The highest BCUT2D eigenvalue weighted by atomic mass is 16.6. The smallest absolute Gasteiger partial charge is 0.201 e. The third-order valence-corrected chi connectivity index (χ3v) is 4.27. The van der Waals surface area contributed by atoms with Gasteiger partial charge in [-0.2, -0.15) is 0 Å². The van der Waals surface area contributed by atoms with Gasteiger partial charge in [-0.3, -0.25) is 0 Å². The molecule has 5 heteroatoms. The zero-order valence-corrected chi connectivity index (χ0v) is 12.4. The molecule has 2 heterocycles. The second kappa shape index (κ2) is 4.72. The van der Waals surface area contributed by atoms with Crippen LogP contribution in [0.4, 0.5) is 0 Å². The minimum Gasteiger partial charge on any atom is -0.473 e. The average molecular weight is 271 g/mol. The van der Waals surface area contributed by atoms with Gasteiger partial charge < -0.3 is 19.7 Å². The van der Waals surface area contributed by atoms with Crippen molar-refractivity contribution in [3.8, 4) is 0 Å². The van der Waals surface area contributed by atoms with Crippen LogP contribution in [0, 0.1) is 5.92 Å². The molecule has 1 fully saturated rings. The molecule has 0 aromatic heterocycles. The Balaban J connectivity index is 2.22. The molecule has 2 rings (SSSR count). The lowest BCUT2D eigenvalue weighted by Gasteiger charge is -2.45. The molecule has 0 radical (unpaired) electrons. The zero-order valence-electron chi connectivity index (χ0n) is 12.4. The summed E-state index contributed by atoms with van der Waals surface area (Å²) in [4.78, 5) is 4.54. The van der Waals surface area contributed by atoms with Crippen LogP contribution in [-0.2, 0) is 9.47 Å². The second-order valence-corrected chi connectivity index (χ2v) is 6.38. The van der Waals surface area contributed by atoms with Crippen molar-refractivity contribution in [1.82, 2.24) is 0 Å². The van der Waals surface area contributed by atoms with Crippen LogP contribution in [0.3, 0.4) is 0 Å². The number of hydrogen-bond donors (Lipinski definition) is 2. The Bertz CT molecular complexity index is 376. The van der Waals surface area contributed by atoms with Crippen LogP contribution in [0.25, 0.3) is 0 Å². The quantitative estimate of drug-likeness (QED) is 0.798. The topological polar surface area (TPSA) is 71.3 Å². The zero-order chi connectivity index (χ0) is 14.4. The molecule has 0 aromatic rings. The summed E-state index contributed by atoms with van der Waals surface area (Å²) < 4.78 is 11.7. The highest BCUT2D eigenvalue weighted by molar-refractivity contribution is 5.75. The Kier molecular flexibility index (Phi) is 3.66. The van der Waals surface area contributed by atoms with Crippen molar-refractivity contribution in [1.29, 1.82) is 0 Å². The molecular formula is C14H25NO4. The van der Waals surface area contributed by atoms with Crippen molar-refractivity contribution in [3.05, 3.63) is 0 Å². The Morgan fingerprint density at radius 2 is 2.00 bits per heavy atom. The Hall–Kier alpha value is -0.650. The number of rotatable bonds is 2. The summed E-state index contributed by atoms with van der Waals surface area (Å²) in [6.45, 7) is 9.03. The minimum absolute atomic E-state index is 0.167. The molecule has 0 saturated carbocycles. The molecule has 110 valence electrons. The van der Waals surface area contributed by atoms with E-state index in [0.29, 0.717) is 5.90 Å². The van der Waals surface area contributed by atoms with Crippen molar-refractivity contribution < 1.29 is 19.7 Å². The number of hydrogen-bond acceptors (Lipinski definition) is 5. The van der Waals surface area contributed by atoms with Crippen LogP contribution in [-0.4, -0.2) is 45.7 Å². The number of aliphatic hydroxyl groups is 2. The van der Waals surface area contributed by atoms with Gasteiger partial charge in [0.15, 0.2) is 5.90 Å². The van der Waals surface area contributed by atoms with Gasteiger partial charge in [0.1, 0.15) is 12.2 Å². The van der Waals surface area contributed by atoms with E-state index in [-0.39, 0.29) is 12.0 Å². The molecule has 0 amide bonds. The van der Waals surface area contributed by atoms with Crippen molar-refractivity contribution in [3.63, 3.8) is 0 Å². The average Bonchev–Trinajstić information content (AvgIpc) is 2.56. The minimum atomic E-state index is -1.19. The lowest BCUT2D eigenvalue weighted by Crippen LogP contribution is -2.56. The maximum absolute atomic E-state index is 10.2. The fraction of sp³-hybridized carbons (Fsp3) is 0.929. The van der Waals surface area contributed by atoms with Crippen LogP contribution < -0.4 is 0 Å². The summed E-state index contributed by atoms with van der Waals surface area (Å²) in [5.41, 5.74) is -1.91. The fourth-order valence-electron chi connectivity index (χ4n) is 3.05. The Morgan fingerprint density at radius 1 is 1.37 bits per heavy atom. The first kappa shape index (κ1) is 14.8. The van der Waals surface area contributed by atoms with Gasteiger partial charge in [-0.25, -0.2) is 4.99 Å². The lowest BCUT2D eigenvalue weighted by molar-refractivity contribution is -0.230. The first-order chi connectivity index (χ1) is 8.67. The number of aliphatic hydroxyl groups excluding tert-OH is 1. The molecular weight excluding hydrogens is 246 g/mol. The highest BCUT2D eigenvalue weighted by Crippen LogP contribution is 2.43. The van der Waals surface area contributed by atoms with Crippen LogP contribution in [0.2, 0.25) is 0 Å². The van der Waals surface area contributed by atoms with E-state index in [0.717, 1.165) is 12.8 Å². The van der Waals surface area contributed by atoms with Gasteiger partial charge in [-0.15, -0.1) is 0 Å². The Morgan fingerprint density at radius 3 is 2.47 bits per heavy atom. The van der Waals surface area contributed by atoms with E-state index in [1.165, 1.54) is 0 Å². The molecule has 1 spiro atoms. The fourth-order valence-corrected chi connectivity index (χ4v) is 3.05. The molecule has 5 atom stereocenters. The van der Waals surface area contributed by atoms with Crippen LogP contribution in [0.5, 0.6) is 0 Å². The van der Waals surface area contributed by atoms with E-state index in [4.69, 9.17) is 9.47 Å². The molecule has 2 N–H and O–H groups in total. The first-order valence-electron chi connectivity index (χ1n) is 6.98. The molecule has 5 unspecified atom stereocenters. The van der Waals surface area contributed by atoms with Gasteiger partial charge in [0.05, 0.1) is 11.7 Å². The standard InChI is InChI=1S/C14H25NO4/c1-8-6-7-11(12(16)13(4,5)17)19-14(8)9(2)18-10(3)15-14/h8-9,11-12,16-17H,6-7H2,1-5H3. The van der Waals surface area contributed by atoms with E-state index < -0.39 is 23.5 Å². The third-order valence-electron chi connectivity index (χ3n) is 4.27.